The zero-order valence-electron chi connectivity index (χ0n) is 16.1. The first-order valence-electron chi connectivity index (χ1n) is 9.22. The molecule has 2 aliphatic heterocycles. The van der Waals surface area contributed by atoms with Crippen molar-refractivity contribution in [3.63, 3.8) is 0 Å². The molecule has 1 unspecified atom stereocenters. The number of piperazine rings is 1. The molecule has 1 fully saturated rings. The first kappa shape index (κ1) is 21.0. The SMILES string of the molecule is CC(N=C1NS(=O)(=O)c2ccccc21)C(=O)N1CCN(S(=O)(=O)c2cccs2)CC1. The molecule has 1 atom stereocenters. The Morgan fingerprint density at radius 3 is 2.50 bits per heavy atom. The molecule has 12 heteroatoms. The summed E-state index contributed by atoms with van der Waals surface area (Å²) in [6.07, 6.45) is 0. The third-order valence-electron chi connectivity index (χ3n) is 4.98. The fourth-order valence-corrected chi connectivity index (χ4v) is 7.24. The number of carbonyl (C=O) groups is 1. The second-order valence-electron chi connectivity index (χ2n) is 6.92. The number of hydrogen-bond acceptors (Lipinski definition) is 7. The highest BCUT2D eigenvalue weighted by atomic mass is 32.2. The van der Waals surface area contributed by atoms with Gasteiger partial charge in [0, 0.05) is 31.7 Å². The Kier molecular flexibility index (Phi) is 5.43. The van der Waals surface area contributed by atoms with Crippen LogP contribution < -0.4 is 4.72 Å². The molecule has 1 amide bonds. The molecule has 0 saturated carbocycles. The van der Waals surface area contributed by atoms with Gasteiger partial charge in [-0.3, -0.25) is 14.5 Å². The minimum atomic E-state index is -3.67. The Hall–Kier alpha value is -2.28. The van der Waals surface area contributed by atoms with Crippen molar-refractivity contribution >= 4 is 43.1 Å². The number of amidine groups is 1. The summed E-state index contributed by atoms with van der Waals surface area (Å²) >= 11 is 1.16. The molecular formula is C18H20N4O5S3. The van der Waals surface area contributed by atoms with Gasteiger partial charge >= 0.3 is 0 Å². The fourth-order valence-electron chi connectivity index (χ4n) is 3.43. The van der Waals surface area contributed by atoms with E-state index in [0.29, 0.717) is 5.56 Å². The molecule has 30 heavy (non-hydrogen) atoms. The Balaban J connectivity index is 1.45. The van der Waals surface area contributed by atoms with E-state index in [1.165, 1.54) is 10.4 Å². The summed E-state index contributed by atoms with van der Waals surface area (Å²) in [6, 6.07) is 8.89. The van der Waals surface area contributed by atoms with Crippen molar-refractivity contribution in [1.29, 1.82) is 0 Å². The van der Waals surface area contributed by atoms with Crippen LogP contribution in [0.15, 0.2) is 55.9 Å². The summed E-state index contributed by atoms with van der Waals surface area (Å²) in [5.41, 5.74) is 0.434. The van der Waals surface area contributed by atoms with E-state index < -0.39 is 26.1 Å². The van der Waals surface area contributed by atoms with Gasteiger partial charge in [0.15, 0.2) is 0 Å². The summed E-state index contributed by atoms with van der Waals surface area (Å²) in [4.78, 5) is 18.8. The predicted molar refractivity (Wildman–Crippen MR) is 112 cm³/mol. The lowest BCUT2D eigenvalue weighted by Crippen LogP contribution is -2.52. The first-order valence-corrected chi connectivity index (χ1v) is 13.0. The van der Waals surface area contributed by atoms with Gasteiger partial charge < -0.3 is 4.90 Å². The lowest BCUT2D eigenvalue weighted by atomic mass is 10.2. The van der Waals surface area contributed by atoms with Gasteiger partial charge in [-0.1, -0.05) is 18.2 Å². The molecule has 1 aromatic heterocycles. The van der Waals surface area contributed by atoms with Crippen LogP contribution in [-0.2, 0) is 24.8 Å². The number of aliphatic imine (C=N–C) groups is 1. The largest absolute Gasteiger partial charge is 0.338 e. The molecule has 1 N–H and O–H groups in total. The van der Waals surface area contributed by atoms with Crippen molar-refractivity contribution in [2.75, 3.05) is 26.2 Å². The molecule has 0 radical (unpaired) electrons. The zero-order chi connectivity index (χ0) is 21.5. The number of nitrogens with zero attached hydrogens (tertiary/aromatic N) is 3. The molecule has 4 rings (SSSR count). The van der Waals surface area contributed by atoms with Crippen molar-refractivity contribution < 1.29 is 21.6 Å². The number of sulfonamides is 2. The van der Waals surface area contributed by atoms with Crippen molar-refractivity contribution in [3.8, 4) is 0 Å². The van der Waals surface area contributed by atoms with Crippen LogP contribution in [0.25, 0.3) is 0 Å². The van der Waals surface area contributed by atoms with Gasteiger partial charge in [0.2, 0.25) is 5.91 Å². The van der Waals surface area contributed by atoms with Crippen LogP contribution in [0.2, 0.25) is 0 Å². The predicted octanol–water partition coefficient (Wildman–Crippen LogP) is 0.708. The normalized spacial score (nSPS) is 21.2. The van der Waals surface area contributed by atoms with Gasteiger partial charge in [-0.25, -0.2) is 16.8 Å². The maximum absolute atomic E-state index is 12.8. The standard InChI is InChI=1S/C18H20N4O5S3/c1-13(19-17-14-5-2-3-6-15(14)29(24,25)20-17)18(23)21-8-10-22(11-9-21)30(26,27)16-7-4-12-28-16/h2-7,12-13H,8-11H2,1H3,(H,19,20). The van der Waals surface area contributed by atoms with Crippen LogP contribution in [-0.4, -0.2) is 70.0 Å². The van der Waals surface area contributed by atoms with E-state index in [4.69, 9.17) is 0 Å². The highest BCUT2D eigenvalue weighted by Crippen LogP contribution is 2.24. The maximum Gasteiger partial charge on any atom is 0.263 e. The Labute approximate surface area is 179 Å². The minimum absolute atomic E-state index is 0.135. The van der Waals surface area contributed by atoms with E-state index in [1.54, 1.807) is 47.5 Å². The van der Waals surface area contributed by atoms with E-state index in [2.05, 4.69) is 9.71 Å². The number of thiophene rings is 1. The van der Waals surface area contributed by atoms with Crippen molar-refractivity contribution in [2.45, 2.75) is 22.1 Å². The Morgan fingerprint density at radius 1 is 1.13 bits per heavy atom. The average Bonchev–Trinajstić information content (AvgIpc) is 3.36. The second kappa shape index (κ2) is 7.76. The molecule has 1 saturated heterocycles. The molecule has 2 aromatic rings. The van der Waals surface area contributed by atoms with Crippen LogP contribution in [0, 0.1) is 0 Å². The number of rotatable bonds is 4. The first-order chi connectivity index (χ1) is 14.2. The average molecular weight is 469 g/mol. The lowest BCUT2D eigenvalue weighted by molar-refractivity contribution is -0.133. The number of benzene rings is 1. The monoisotopic (exact) mass is 468 g/mol. The highest BCUT2D eigenvalue weighted by Gasteiger charge is 2.34. The third-order valence-corrected chi connectivity index (χ3v) is 9.65. The molecule has 0 aliphatic carbocycles. The van der Waals surface area contributed by atoms with Gasteiger partial charge in [-0.2, -0.15) is 4.31 Å². The molecule has 2 aliphatic rings. The van der Waals surface area contributed by atoms with E-state index in [-0.39, 0.29) is 47.0 Å². The van der Waals surface area contributed by atoms with Gasteiger partial charge in [0.05, 0.1) is 4.90 Å². The van der Waals surface area contributed by atoms with Crippen molar-refractivity contribution in [3.05, 3.63) is 47.3 Å². The van der Waals surface area contributed by atoms with E-state index >= 15 is 0 Å². The van der Waals surface area contributed by atoms with Gasteiger partial charge in [0.1, 0.15) is 16.1 Å². The van der Waals surface area contributed by atoms with Gasteiger partial charge in [-0.15, -0.1) is 11.3 Å². The number of carbonyl (C=O) groups excluding carboxylic acids is 1. The number of nitrogens with one attached hydrogen (secondary N) is 1. The van der Waals surface area contributed by atoms with E-state index in [0.717, 1.165) is 11.3 Å². The molecule has 1 aromatic carbocycles. The zero-order valence-corrected chi connectivity index (χ0v) is 18.5. The van der Waals surface area contributed by atoms with Crippen LogP contribution in [0.1, 0.15) is 12.5 Å². The summed E-state index contributed by atoms with van der Waals surface area (Å²) < 4.78 is 53.7. The van der Waals surface area contributed by atoms with E-state index in [9.17, 15) is 21.6 Å². The smallest absolute Gasteiger partial charge is 0.263 e. The summed E-state index contributed by atoms with van der Waals surface area (Å²) in [5, 5.41) is 1.71. The van der Waals surface area contributed by atoms with Crippen molar-refractivity contribution in [2.24, 2.45) is 4.99 Å². The molecule has 0 spiro atoms. The maximum atomic E-state index is 12.8. The second-order valence-corrected chi connectivity index (χ2v) is 11.7. The Morgan fingerprint density at radius 2 is 1.83 bits per heavy atom. The fraction of sp³-hybridized carbons (Fsp3) is 0.333. The van der Waals surface area contributed by atoms with Crippen LogP contribution in [0.5, 0.6) is 0 Å². The Bertz CT molecular complexity index is 1200. The molecule has 3 heterocycles. The number of amides is 1. The summed E-state index contributed by atoms with van der Waals surface area (Å²) in [7, 11) is -7.22. The third kappa shape index (κ3) is 3.75. The molecule has 160 valence electrons. The highest BCUT2D eigenvalue weighted by molar-refractivity contribution is 7.91. The minimum Gasteiger partial charge on any atom is -0.338 e. The lowest BCUT2D eigenvalue weighted by Gasteiger charge is -2.34. The van der Waals surface area contributed by atoms with Crippen LogP contribution in [0.4, 0.5) is 0 Å². The molecule has 0 bridgehead atoms. The van der Waals surface area contributed by atoms with Crippen molar-refractivity contribution in [1.82, 2.24) is 13.9 Å². The summed E-state index contributed by atoms with van der Waals surface area (Å²) in [5.74, 6) is -0.135. The van der Waals surface area contributed by atoms with Gasteiger partial charge in [0.25, 0.3) is 20.0 Å². The van der Waals surface area contributed by atoms with Crippen LogP contribution in [0.3, 0.4) is 0 Å². The number of hydrogen-bond donors (Lipinski definition) is 1. The summed E-state index contributed by atoms with van der Waals surface area (Å²) in [6.45, 7) is 2.50. The molecular weight excluding hydrogens is 448 g/mol. The topological polar surface area (TPSA) is 116 Å². The van der Waals surface area contributed by atoms with Gasteiger partial charge in [-0.05, 0) is 30.5 Å². The quantitative estimate of drug-likeness (QED) is 0.709. The van der Waals surface area contributed by atoms with E-state index in [1.807, 2.05) is 0 Å². The molecule has 9 nitrogen and oxygen atoms in total. The number of fused-ring (bicyclic) bond motifs is 1. The van der Waals surface area contributed by atoms with Crippen LogP contribution >= 0.6 is 11.3 Å².